The van der Waals surface area contributed by atoms with Crippen LogP contribution >= 0.6 is 0 Å². The van der Waals surface area contributed by atoms with Crippen LogP contribution in [0, 0.1) is 23.4 Å². The van der Waals surface area contributed by atoms with Gasteiger partial charge < -0.3 is 5.32 Å². The highest BCUT2D eigenvalue weighted by molar-refractivity contribution is 6.04. The van der Waals surface area contributed by atoms with Crippen molar-refractivity contribution >= 4 is 11.6 Å². The van der Waals surface area contributed by atoms with Crippen molar-refractivity contribution in [3.8, 4) is 0 Å². The topological polar surface area (TPSA) is 42.0 Å². The lowest BCUT2D eigenvalue weighted by Crippen LogP contribution is -2.15. The lowest BCUT2D eigenvalue weighted by atomic mass is 10.2. The number of nitrogens with one attached hydrogen (secondary N) is 1. The molecule has 1 aromatic carbocycles. The van der Waals surface area contributed by atoms with Crippen molar-refractivity contribution < 1.29 is 22.4 Å². The molecule has 2 rings (SSSR count). The third-order valence-electron chi connectivity index (χ3n) is 2.27. The number of halogens is 4. The Balaban J connectivity index is 2.25. The first-order chi connectivity index (χ1) is 8.99. The Morgan fingerprint density at radius 3 is 2.37 bits per heavy atom. The molecule has 0 saturated carbocycles. The van der Waals surface area contributed by atoms with Crippen LogP contribution < -0.4 is 5.32 Å². The molecule has 19 heavy (non-hydrogen) atoms. The zero-order valence-electron chi connectivity index (χ0n) is 9.25. The van der Waals surface area contributed by atoms with Crippen LogP contribution in [0.3, 0.4) is 0 Å². The summed E-state index contributed by atoms with van der Waals surface area (Å²) in [6, 6.07) is 3.62. The molecule has 0 fully saturated rings. The zero-order chi connectivity index (χ0) is 14.0. The van der Waals surface area contributed by atoms with E-state index in [-0.39, 0.29) is 5.69 Å². The van der Waals surface area contributed by atoms with Crippen molar-refractivity contribution in [3.63, 3.8) is 0 Å². The quantitative estimate of drug-likeness (QED) is 0.518. The lowest BCUT2D eigenvalue weighted by Gasteiger charge is -2.06. The van der Waals surface area contributed by atoms with Gasteiger partial charge in [-0.1, -0.05) is 0 Å². The Morgan fingerprint density at radius 2 is 1.74 bits per heavy atom. The smallest absolute Gasteiger partial charge is 0.258 e. The molecular weight excluding hydrogens is 264 g/mol. The summed E-state index contributed by atoms with van der Waals surface area (Å²) in [5, 5.41) is 2.18. The number of hydrogen-bond acceptors (Lipinski definition) is 2. The minimum absolute atomic E-state index is 0.0931. The molecule has 0 radical (unpaired) electrons. The van der Waals surface area contributed by atoms with Crippen LogP contribution in [0.5, 0.6) is 0 Å². The molecule has 2 aromatic rings. The third-order valence-corrected chi connectivity index (χ3v) is 2.27. The first-order valence-electron chi connectivity index (χ1n) is 5.05. The second-order valence-corrected chi connectivity index (χ2v) is 3.55. The molecule has 3 nitrogen and oxygen atoms in total. The Morgan fingerprint density at radius 1 is 1.00 bits per heavy atom. The fourth-order valence-corrected chi connectivity index (χ4v) is 1.35. The largest absolute Gasteiger partial charge is 0.320 e. The maximum Gasteiger partial charge on any atom is 0.258 e. The van der Waals surface area contributed by atoms with E-state index in [0.717, 1.165) is 18.3 Å². The molecule has 1 heterocycles. The minimum Gasteiger partial charge on any atom is -0.320 e. The van der Waals surface area contributed by atoms with E-state index < -0.39 is 34.9 Å². The van der Waals surface area contributed by atoms with Gasteiger partial charge >= 0.3 is 0 Å². The summed E-state index contributed by atoms with van der Waals surface area (Å²) >= 11 is 0. The molecule has 0 aliphatic rings. The molecule has 0 aliphatic heterocycles. The van der Waals surface area contributed by atoms with Gasteiger partial charge in [0.1, 0.15) is 0 Å². The number of carbonyl (C=O) groups is 1. The molecule has 0 saturated heterocycles. The molecule has 98 valence electrons. The molecule has 0 spiro atoms. The first kappa shape index (κ1) is 13.0. The van der Waals surface area contributed by atoms with Crippen LogP contribution in [-0.2, 0) is 0 Å². The number of aromatic nitrogens is 1. The summed E-state index contributed by atoms with van der Waals surface area (Å²) in [7, 11) is 0. The Bertz CT molecular complexity index is 628. The fraction of sp³-hybridized carbons (Fsp3) is 0. The van der Waals surface area contributed by atoms with E-state index >= 15 is 0 Å². The van der Waals surface area contributed by atoms with Gasteiger partial charge in [0.25, 0.3) is 5.91 Å². The molecule has 0 bridgehead atoms. The second kappa shape index (κ2) is 5.05. The molecule has 1 aromatic heterocycles. The molecule has 1 N–H and O–H groups in total. The van der Waals surface area contributed by atoms with E-state index in [1.165, 1.54) is 6.07 Å². The van der Waals surface area contributed by atoms with Crippen LogP contribution in [0.1, 0.15) is 10.4 Å². The van der Waals surface area contributed by atoms with Gasteiger partial charge in [0.2, 0.25) is 5.95 Å². The van der Waals surface area contributed by atoms with Gasteiger partial charge in [-0.2, -0.15) is 4.39 Å². The minimum atomic E-state index is -1.73. The summed E-state index contributed by atoms with van der Waals surface area (Å²) in [6.45, 7) is 0. The average Bonchev–Trinajstić information content (AvgIpc) is 2.39. The van der Waals surface area contributed by atoms with Gasteiger partial charge in [0.15, 0.2) is 17.5 Å². The monoisotopic (exact) mass is 270 g/mol. The Hall–Kier alpha value is -2.44. The van der Waals surface area contributed by atoms with Gasteiger partial charge in [-0.3, -0.25) is 4.79 Å². The summed E-state index contributed by atoms with van der Waals surface area (Å²) in [5.41, 5.74) is -0.571. The van der Waals surface area contributed by atoms with Gasteiger partial charge in [-0.05, 0) is 24.3 Å². The molecular formula is C12H6F4N2O. The lowest BCUT2D eigenvalue weighted by molar-refractivity contribution is 0.102. The standard InChI is InChI=1S/C12H6F4N2O/c13-8-3-2-7(10(15)11(8)16)12(19)18-6-1-4-9(14)17-5-6/h1-5H,(H,18,19). The van der Waals surface area contributed by atoms with Gasteiger partial charge in [0, 0.05) is 0 Å². The van der Waals surface area contributed by atoms with E-state index in [4.69, 9.17) is 0 Å². The van der Waals surface area contributed by atoms with E-state index in [0.29, 0.717) is 6.07 Å². The SMILES string of the molecule is O=C(Nc1ccc(F)nc1)c1ccc(F)c(F)c1F. The third kappa shape index (κ3) is 2.70. The number of pyridine rings is 1. The van der Waals surface area contributed by atoms with E-state index in [9.17, 15) is 22.4 Å². The van der Waals surface area contributed by atoms with Crippen LogP contribution in [0.4, 0.5) is 23.2 Å². The summed E-state index contributed by atoms with van der Waals surface area (Å²) in [6.07, 6.45) is 1.00. The van der Waals surface area contributed by atoms with Crippen molar-refractivity contribution in [3.05, 3.63) is 59.4 Å². The van der Waals surface area contributed by atoms with E-state index in [1.54, 1.807) is 0 Å². The molecule has 1 amide bonds. The number of benzene rings is 1. The predicted molar refractivity (Wildman–Crippen MR) is 58.5 cm³/mol. The van der Waals surface area contributed by atoms with Gasteiger partial charge in [-0.15, -0.1) is 0 Å². The first-order valence-corrected chi connectivity index (χ1v) is 5.05. The van der Waals surface area contributed by atoms with Gasteiger partial charge in [-0.25, -0.2) is 18.2 Å². The normalized spacial score (nSPS) is 10.3. The van der Waals surface area contributed by atoms with Crippen molar-refractivity contribution in [2.75, 3.05) is 5.32 Å². The van der Waals surface area contributed by atoms with Gasteiger partial charge in [0.05, 0.1) is 17.4 Å². The van der Waals surface area contributed by atoms with Crippen LogP contribution in [0.15, 0.2) is 30.5 Å². The zero-order valence-corrected chi connectivity index (χ0v) is 9.25. The molecule has 0 atom stereocenters. The fourth-order valence-electron chi connectivity index (χ4n) is 1.35. The van der Waals surface area contributed by atoms with E-state index in [1.807, 2.05) is 0 Å². The molecule has 0 unspecified atom stereocenters. The number of nitrogens with zero attached hydrogens (tertiary/aromatic N) is 1. The highest BCUT2D eigenvalue weighted by atomic mass is 19.2. The van der Waals surface area contributed by atoms with E-state index in [2.05, 4.69) is 10.3 Å². The van der Waals surface area contributed by atoms with Crippen molar-refractivity contribution in [2.24, 2.45) is 0 Å². The number of amides is 1. The number of rotatable bonds is 2. The van der Waals surface area contributed by atoms with Crippen LogP contribution in [-0.4, -0.2) is 10.9 Å². The maximum atomic E-state index is 13.3. The van der Waals surface area contributed by atoms with Crippen LogP contribution in [0.25, 0.3) is 0 Å². The predicted octanol–water partition coefficient (Wildman–Crippen LogP) is 2.89. The molecule has 7 heteroatoms. The highest BCUT2D eigenvalue weighted by Gasteiger charge is 2.18. The summed E-state index contributed by atoms with van der Waals surface area (Å²) < 4.78 is 51.5. The average molecular weight is 270 g/mol. The Labute approximate surface area is 104 Å². The second-order valence-electron chi connectivity index (χ2n) is 3.55. The van der Waals surface area contributed by atoms with Crippen molar-refractivity contribution in [2.45, 2.75) is 0 Å². The Kier molecular flexibility index (Phi) is 3.46. The number of carbonyl (C=O) groups excluding carboxylic acids is 1. The molecule has 0 aliphatic carbocycles. The number of anilines is 1. The highest BCUT2D eigenvalue weighted by Crippen LogP contribution is 2.16. The van der Waals surface area contributed by atoms with Crippen molar-refractivity contribution in [1.82, 2.24) is 4.98 Å². The number of hydrogen-bond donors (Lipinski definition) is 1. The summed E-state index contributed by atoms with van der Waals surface area (Å²) in [5.74, 6) is -6.46. The maximum absolute atomic E-state index is 13.3. The van der Waals surface area contributed by atoms with Crippen molar-refractivity contribution in [1.29, 1.82) is 0 Å². The summed E-state index contributed by atoms with van der Waals surface area (Å²) in [4.78, 5) is 14.9. The van der Waals surface area contributed by atoms with Crippen LogP contribution in [0.2, 0.25) is 0 Å².